The molecule has 1 amide bonds. The van der Waals surface area contributed by atoms with Crippen molar-refractivity contribution in [3.8, 4) is 0 Å². The molecule has 20 heavy (non-hydrogen) atoms. The first-order valence-corrected chi connectivity index (χ1v) is 7.06. The molecule has 1 aliphatic rings. The number of piperazine rings is 1. The maximum Gasteiger partial charge on any atom is 0.254 e. The van der Waals surface area contributed by atoms with Gasteiger partial charge in [0.25, 0.3) is 5.91 Å². The Labute approximate surface area is 118 Å². The van der Waals surface area contributed by atoms with E-state index in [9.17, 15) is 13.6 Å². The number of rotatable bonds is 3. The molecule has 1 fully saturated rings. The van der Waals surface area contributed by atoms with Gasteiger partial charge in [0.05, 0.1) is 0 Å². The molecule has 2 unspecified atom stereocenters. The Kier molecular flexibility index (Phi) is 4.70. The van der Waals surface area contributed by atoms with Crippen LogP contribution in [0.3, 0.4) is 0 Å². The summed E-state index contributed by atoms with van der Waals surface area (Å²) in [7, 11) is 0. The number of amides is 1. The monoisotopic (exact) mass is 282 g/mol. The molecule has 0 spiro atoms. The number of benzene rings is 1. The first-order chi connectivity index (χ1) is 9.56. The molecule has 110 valence electrons. The molecule has 5 heteroatoms. The van der Waals surface area contributed by atoms with Crippen LogP contribution in [0.1, 0.15) is 37.0 Å². The third-order valence-electron chi connectivity index (χ3n) is 3.89. The molecule has 0 aliphatic carbocycles. The van der Waals surface area contributed by atoms with Gasteiger partial charge in [-0.15, -0.1) is 0 Å². The van der Waals surface area contributed by atoms with Crippen LogP contribution < -0.4 is 5.32 Å². The molecule has 1 aromatic carbocycles. The van der Waals surface area contributed by atoms with Gasteiger partial charge >= 0.3 is 0 Å². The van der Waals surface area contributed by atoms with Crippen LogP contribution in [-0.2, 0) is 0 Å². The molecule has 3 nitrogen and oxygen atoms in total. The number of nitrogens with zero attached hydrogens (tertiary/aromatic N) is 1. The van der Waals surface area contributed by atoms with E-state index in [1.54, 1.807) is 4.90 Å². The zero-order valence-corrected chi connectivity index (χ0v) is 11.8. The fourth-order valence-corrected chi connectivity index (χ4v) is 2.55. The van der Waals surface area contributed by atoms with E-state index >= 15 is 0 Å². The minimum atomic E-state index is -0.980. The van der Waals surface area contributed by atoms with Crippen LogP contribution in [0.15, 0.2) is 18.2 Å². The van der Waals surface area contributed by atoms with E-state index in [0.717, 1.165) is 31.5 Å². The van der Waals surface area contributed by atoms with Crippen molar-refractivity contribution in [3.63, 3.8) is 0 Å². The Morgan fingerprint density at radius 1 is 1.30 bits per heavy atom. The van der Waals surface area contributed by atoms with E-state index in [1.165, 1.54) is 6.07 Å². The normalized spacial score (nSPS) is 22.9. The number of nitrogens with one attached hydrogen (secondary N) is 1. The fourth-order valence-electron chi connectivity index (χ4n) is 2.55. The minimum absolute atomic E-state index is 0.0958. The zero-order valence-electron chi connectivity index (χ0n) is 11.8. The van der Waals surface area contributed by atoms with Gasteiger partial charge in [-0.1, -0.05) is 13.8 Å². The van der Waals surface area contributed by atoms with Crippen LogP contribution >= 0.6 is 0 Å². The van der Waals surface area contributed by atoms with Crippen molar-refractivity contribution < 1.29 is 13.6 Å². The van der Waals surface area contributed by atoms with E-state index in [2.05, 4.69) is 12.2 Å². The maximum absolute atomic E-state index is 13.3. The van der Waals surface area contributed by atoms with Gasteiger partial charge in [-0.25, -0.2) is 8.78 Å². The molecular weight excluding hydrogens is 262 g/mol. The number of carbonyl (C=O) groups is 1. The van der Waals surface area contributed by atoms with Gasteiger partial charge in [-0.2, -0.15) is 0 Å². The summed E-state index contributed by atoms with van der Waals surface area (Å²) in [6, 6.07) is 3.68. The lowest BCUT2D eigenvalue weighted by molar-refractivity contribution is 0.0575. The van der Waals surface area contributed by atoms with Crippen molar-refractivity contribution in [2.75, 3.05) is 13.1 Å². The molecule has 0 radical (unpaired) electrons. The summed E-state index contributed by atoms with van der Waals surface area (Å²) in [6.45, 7) is 5.42. The second-order valence-electron chi connectivity index (χ2n) is 5.16. The van der Waals surface area contributed by atoms with Crippen molar-refractivity contribution in [1.29, 1.82) is 0 Å². The first kappa shape index (κ1) is 14.9. The van der Waals surface area contributed by atoms with Crippen LogP contribution in [0.25, 0.3) is 0 Å². The third-order valence-corrected chi connectivity index (χ3v) is 3.89. The Balaban J connectivity index is 2.22. The number of halogens is 2. The fraction of sp³-hybridized carbons (Fsp3) is 0.533. The smallest absolute Gasteiger partial charge is 0.254 e. The van der Waals surface area contributed by atoms with E-state index < -0.39 is 11.6 Å². The Hall–Kier alpha value is -1.49. The molecule has 2 atom stereocenters. The molecule has 1 saturated heterocycles. The van der Waals surface area contributed by atoms with Crippen LogP contribution in [0.5, 0.6) is 0 Å². The predicted molar refractivity (Wildman–Crippen MR) is 73.6 cm³/mol. The molecule has 0 bridgehead atoms. The summed E-state index contributed by atoms with van der Waals surface area (Å²) in [6.07, 6.45) is 1.76. The molecule has 2 rings (SSSR count). The third kappa shape index (κ3) is 2.98. The summed E-state index contributed by atoms with van der Waals surface area (Å²) >= 11 is 0. The molecule has 1 aromatic rings. The highest BCUT2D eigenvalue weighted by Gasteiger charge is 2.30. The van der Waals surface area contributed by atoms with E-state index in [1.807, 2.05) is 6.92 Å². The van der Waals surface area contributed by atoms with Gasteiger partial charge in [0.15, 0.2) is 11.6 Å². The van der Waals surface area contributed by atoms with Crippen LogP contribution in [-0.4, -0.2) is 36.0 Å². The predicted octanol–water partition coefficient (Wildman–Crippen LogP) is 2.57. The average Bonchev–Trinajstić information content (AvgIpc) is 2.48. The van der Waals surface area contributed by atoms with Crippen molar-refractivity contribution in [1.82, 2.24) is 10.2 Å². The lowest BCUT2D eigenvalue weighted by atomic mass is 10.0. The van der Waals surface area contributed by atoms with Crippen LogP contribution in [0, 0.1) is 11.6 Å². The van der Waals surface area contributed by atoms with Crippen LogP contribution in [0.2, 0.25) is 0 Å². The average molecular weight is 282 g/mol. The van der Waals surface area contributed by atoms with E-state index in [0.29, 0.717) is 6.54 Å². The second-order valence-corrected chi connectivity index (χ2v) is 5.16. The van der Waals surface area contributed by atoms with Gasteiger partial charge in [0.2, 0.25) is 0 Å². The van der Waals surface area contributed by atoms with E-state index in [4.69, 9.17) is 0 Å². The molecule has 1 aliphatic heterocycles. The van der Waals surface area contributed by atoms with Crippen molar-refractivity contribution in [2.45, 2.75) is 38.8 Å². The molecule has 1 N–H and O–H groups in total. The van der Waals surface area contributed by atoms with Gasteiger partial charge in [0, 0.05) is 30.7 Å². The first-order valence-electron chi connectivity index (χ1n) is 7.06. The molecule has 1 heterocycles. The topological polar surface area (TPSA) is 32.3 Å². The molecule has 0 saturated carbocycles. The highest BCUT2D eigenvalue weighted by Crippen LogP contribution is 2.17. The van der Waals surface area contributed by atoms with E-state index in [-0.39, 0.29) is 23.6 Å². The quantitative estimate of drug-likeness (QED) is 0.924. The summed E-state index contributed by atoms with van der Waals surface area (Å²) in [5.41, 5.74) is 0.208. The summed E-state index contributed by atoms with van der Waals surface area (Å²) < 4.78 is 26.2. The lowest BCUT2D eigenvalue weighted by Crippen LogP contribution is -2.57. The highest BCUT2D eigenvalue weighted by atomic mass is 19.2. The number of hydrogen-bond donors (Lipinski definition) is 1. The number of hydrogen-bond acceptors (Lipinski definition) is 2. The number of carbonyl (C=O) groups excluding carboxylic acids is 1. The Morgan fingerprint density at radius 2 is 2.05 bits per heavy atom. The molecular formula is C15H20F2N2O. The Morgan fingerprint density at radius 3 is 2.65 bits per heavy atom. The second kappa shape index (κ2) is 6.31. The lowest BCUT2D eigenvalue weighted by Gasteiger charge is -2.40. The zero-order chi connectivity index (χ0) is 14.7. The highest BCUT2D eigenvalue weighted by molar-refractivity contribution is 5.94. The maximum atomic E-state index is 13.3. The SMILES string of the molecule is CCC1CN(C(=O)c2ccc(F)c(F)c2)C(CC)CN1. The summed E-state index contributed by atoms with van der Waals surface area (Å²) in [5, 5.41) is 3.40. The standard InChI is InChI=1S/C15H20F2N2O/c1-3-11-9-19(12(4-2)8-18-11)15(20)10-5-6-13(16)14(17)7-10/h5-7,11-12,18H,3-4,8-9H2,1-2H3. The molecule has 0 aromatic heterocycles. The van der Waals surface area contributed by atoms with Crippen LogP contribution in [0.4, 0.5) is 8.78 Å². The van der Waals surface area contributed by atoms with Gasteiger partial charge in [0.1, 0.15) is 0 Å². The van der Waals surface area contributed by atoms with Crippen molar-refractivity contribution in [3.05, 3.63) is 35.4 Å². The van der Waals surface area contributed by atoms with Crippen molar-refractivity contribution in [2.24, 2.45) is 0 Å². The van der Waals surface area contributed by atoms with Gasteiger partial charge in [-0.3, -0.25) is 4.79 Å². The van der Waals surface area contributed by atoms with Gasteiger partial charge in [-0.05, 0) is 31.0 Å². The summed E-state index contributed by atoms with van der Waals surface area (Å²) in [4.78, 5) is 14.3. The minimum Gasteiger partial charge on any atom is -0.333 e. The largest absolute Gasteiger partial charge is 0.333 e. The summed E-state index contributed by atoms with van der Waals surface area (Å²) in [5.74, 6) is -2.14. The van der Waals surface area contributed by atoms with Crippen molar-refractivity contribution >= 4 is 5.91 Å². The van der Waals surface area contributed by atoms with Gasteiger partial charge < -0.3 is 10.2 Å². The Bertz CT molecular complexity index is 493.